The number of aryl methyl sites for hydroxylation is 2. The molecule has 2 aromatic rings. The molecule has 0 aliphatic heterocycles. The summed E-state index contributed by atoms with van der Waals surface area (Å²) in [5, 5.41) is 2.76. The van der Waals surface area contributed by atoms with E-state index < -0.39 is 0 Å². The minimum atomic E-state index is 1.35. The Hall–Kier alpha value is 0.890. The topological polar surface area (TPSA) is 0 Å². The van der Waals surface area contributed by atoms with Gasteiger partial charge in [0.15, 0.2) is 0 Å². The lowest BCUT2D eigenvalue weighted by atomic mass is 10.1. The van der Waals surface area contributed by atoms with E-state index in [0.717, 1.165) is 0 Å². The second-order valence-electron chi connectivity index (χ2n) is 3.62. The minimum Gasteiger partial charge on any atom is -0.0576 e. The molecule has 2 rings (SSSR count). The fourth-order valence-corrected chi connectivity index (χ4v) is 4.33. The van der Waals surface area contributed by atoms with E-state index >= 15 is 0 Å². The summed E-state index contributed by atoms with van der Waals surface area (Å²) in [5.41, 5.74) is 2.73. The second kappa shape index (κ2) is 4.64. The Balaban J connectivity index is 3.00. The molecule has 0 saturated carbocycles. The van der Waals surface area contributed by atoms with E-state index in [1.54, 1.807) is 0 Å². The molecule has 0 spiro atoms. The van der Waals surface area contributed by atoms with Crippen LogP contribution in [0.1, 0.15) is 11.1 Å². The minimum absolute atomic E-state index is 1.35. The maximum atomic E-state index is 2.46. The highest BCUT2D eigenvalue weighted by molar-refractivity contribution is 14.1. The van der Waals surface area contributed by atoms with Crippen LogP contribution in [0.3, 0.4) is 0 Å². The zero-order valence-electron chi connectivity index (χ0n) is 8.37. The Bertz CT molecular complexity index is 544. The maximum absolute atomic E-state index is 2.46. The molecule has 0 radical (unpaired) electrons. The Labute approximate surface area is 131 Å². The molecule has 0 nitrogen and oxygen atoms in total. The van der Waals surface area contributed by atoms with Crippen molar-refractivity contribution in [1.29, 1.82) is 0 Å². The summed E-state index contributed by atoms with van der Waals surface area (Å²) in [5.74, 6) is 0. The van der Waals surface area contributed by atoms with E-state index in [9.17, 15) is 0 Å². The summed E-state index contributed by atoms with van der Waals surface area (Å²) in [6, 6.07) is 6.70. The number of fused-ring (bicyclic) bond motifs is 1. The SMILES string of the molecule is Cc1cc2ccc(C)c(I)c2c(I)c1I. The zero-order valence-corrected chi connectivity index (χ0v) is 14.8. The van der Waals surface area contributed by atoms with Gasteiger partial charge in [0.25, 0.3) is 0 Å². The summed E-state index contributed by atoms with van der Waals surface area (Å²) in [4.78, 5) is 0. The van der Waals surface area contributed by atoms with Crippen molar-refractivity contribution < 1.29 is 0 Å². The molecule has 0 aliphatic rings. The Morgan fingerprint density at radius 1 is 0.800 bits per heavy atom. The van der Waals surface area contributed by atoms with Crippen LogP contribution >= 0.6 is 67.8 Å². The lowest BCUT2D eigenvalue weighted by Gasteiger charge is -2.10. The molecule has 0 atom stereocenters. The summed E-state index contributed by atoms with van der Waals surface area (Å²) in [7, 11) is 0. The molecule has 15 heavy (non-hydrogen) atoms. The maximum Gasteiger partial charge on any atom is 0.0355 e. The summed E-state index contributed by atoms with van der Waals surface area (Å²) in [6.45, 7) is 4.35. The molecular formula is C12H9I3. The predicted octanol–water partition coefficient (Wildman–Crippen LogP) is 5.27. The monoisotopic (exact) mass is 534 g/mol. The predicted molar refractivity (Wildman–Crippen MR) is 91.6 cm³/mol. The van der Waals surface area contributed by atoms with E-state index in [1.165, 1.54) is 32.6 Å². The molecular weight excluding hydrogens is 525 g/mol. The molecule has 0 saturated heterocycles. The van der Waals surface area contributed by atoms with E-state index in [-0.39, 0.29) is 0 Å². The van der Waals surface area contributed by atoms with E-state index in [2.05, 4.69) is 99.8 Å². The van der Waals surface area contributed by atoms with Gasteiger partial charge in [0.1, 0.15) is 0 Å². The van der Waals surface area contributed by atoms with Crippen molar-refractivity contribution >= 4 is 78.5 Å². The molecule has 0 aromatic heterocycles. The second-order valence-corrected chi connectivity index (χ2v) is 6.85. The molecule has 78 valence electrons. The highest BCUT2D eigenvalue weighted by Crippen LogP contribution is 2.32. The van der Waals surface area contributed by atoms with Gasteiger partial charge in [-0.3, -0.25) is 0 Å². The third kappa shape index (κ3) is 2.15. The van der Waals surface area contributed by atoms with Crippen LogP contribution in [0.5, 0.6) is 0 Å². The molecule has 0 bridgehead atoms. The van der Waals surface area contributed by atoms with E-state index in [0.29, 0.717) is 0 Å². The summed E-state index contributed by atoms with van der Waals surface area (Å²) >= 11 is 7.34. The van der Waals surface area contributed by atoms with Crippen LogP contribution in [0.25, 0.3) is 10.8 Å². The van der Waals surface area contributed by atoms with E-state index in [4.69, 9.17) is 0 Å². The number of hydrogen-bond acceptors (Lipinski definition) is 0. The average Bonchev–Trinajstić information content (AvgIpc) is 2.20. The molecule has 3 heteroatoms. The van der Waals surface area contributed by atoms with E-state index in [1.807, 2.05) is 0 Å². The smallest absolute Gasteiger partial charge is 0.0355 e. The van der Waals surface area contributed by atoms with Crippen molar-refractivity contribution in [3.63, 3.8) is 0 Å². The normalized spacial score (nSPS) is 11.0. The quantitative estimate of drug-likeness (QED) is 0.405. The van der Waals surface area contributed by atoms with Crippen molar-refractivity contribution in [2.24, 2.45) is 0 Å². The Morgan fingerprint density at radius 2 is 1.47 bits per heavy atom. The largest absolute Gasteiger partial charge is 0.0576 e. The summed E-state index contributed by atoms with van der Waals surface area (Å²) in [6.07, 6.45) is 0. The standard InChI is InChI=1S/C12H9I3/c1-6-3-4-8-5-7(2)11(14)12(15)9(8)10(6)13/h3-5H,1-2H3. The van der Waals surface area contributed by atoms with Gasteiger partial charge in [-0.15, -0.1) is 0 Å². The van der Waals surface area contributed by atoms with Crippen LogP contribution < -0.4 is 0 Å². The van der Waals surface area contributed by atoms with Crippen molar-refractivity contribution in [1.82, 2.24) is 0 Å². The number of hydrogen-bond donors (Lipinski definition) is 0. The summed E-state index contributed by atoms with van der Waals surface area (Å²) < 4.78 is 4.15. The van der Waals surface area contributed by atoms with Crippen LogP contribution in [-0.2, 0) is 0 Å². The van der Waals surface area contributed by atoms with Gasteiger partial charge in [0.2, 0.25) is 0 Å². The first kappa shape index (κ1) is 12.3. The molecule has 0 amide bonds. The zero-order chi connectivity index (χ0) is 11.2. The van der Waals surface area contributed by atoms with Gasteiger partial charge in [0.05, 0.1) is 0 Å². The van der Waals surface area contributed by atoms with Crippen LogP contribution in [0, 0.1) is 24.6 Å². The Morgan fingerprint density at radius 3 is 2.13 bits per heavy atom. The first-order chi connectivity index (χ1) is 7.02. The fraction of sp³-hybridized carbons (Fsp3) is 0.167. The lowest BCUT2D eigenvalue weighted by molar-refractivity contribution is 1.41. The number of rotatable bonds is 0. The lowest BCUT2D eigenvalue weighted by Crippen LogP contribution is -1.92. The van der Waals surface area contributed by atoms with Crippen molar-refractivity contribution in [3.8, 4) is 0 Å². The van der Waals surface area contributed by atoms with Gasteiger partial charge in [-0.2, -0.15) is 0 Å². The first-order valence-electron chi connectivity index (χ1n) is 4.55. The van der Waals surface area contributed by atoms with Crippen molar-refractivity contribution in [2.45, 2.75) is 13.8 Å². The fourth-order valence-electron chi connectivity index (χ4n) is 1.62. The van der Waals surface area contributed by atoms with Crippen LogP contribution in [0.2, 0.25) is 0 Å². The third-order valence-corrected chi connectivity index (χ3v) is 7.39. The van der Waals surface area contributed by atoms with Crippen molar-refractivity contribution in [3.05, 3.63) is 40.0 Å². The highest BCUT2D eigenvalue weighted by atomic mass is 127. The van der Waals surface area contributed by atoms with Crippen LogP contribution in [0.15, 0.2) is 18.2 Å². The Kier molecular flexibility index (Phi) is 3.82. The van der Waals surface area contributed by atoms with Crippen LogP contribution in [-0.4, -0.2) is 0 Å². The molecule has 0 unspecified atom stereocenters. The highest BCUT2D eigenvalue weighted by Gasteiger charge is 2.10. The molecule has 0 heterocycles. The molecule has 0 N–H and O–H groups in total. The van der Waals surface area contributed by atoms with Crippen LogP contribution in [0.4, 0.5) is 0 Å². The van der Waals surface area contributed by atoms with Gasteiger partial charge in [0, 0.05) is 16.1 Å². The first-order valence-corrected chi connectivity index (χ1v) is 7.79. The van der Waals surface area contributed by atoms with Gasteiger partial charge >= 0.3 is 0 Å². The number of benzene rings is 2. The van der Waals surface area contributed by atoms with Gasteiger partial charge in [-0.25, -0.2) is 0 Å². The van der Waals surface area contributed by atoms with Gasteiger partial charge in [-0.1, -0.05) is 18.2 Å². The number of halogens is 3. The average molecular weight is 534 g/mol. The van der Waals surface area contributed by atoms with Crippen molar-refractivity contribution in [2.75, 3.05) is 0 Å². The molecule has 2 aromatic carbocycles. The van der Waals surface area contributed by atoms with Gasteiger partial charge in [-0.05, 0) is 98.1 Å². The molecule has 0 aliphatic carbocycles. The molecule has 0 fully saturated rings. The third-order valence-electron chi connectivity index (χ3n) is 2.50. The van der Waals surface area contributed by atoms with Gasteiger partial charge < -0.3 is 0 Å².